The number of carbonyl (C=O) groups excluding carboxylic acids is 1. The zero-order chi connectivity index (χ0) is 13.5. The van der Waals surface area contributed by atoms with Gasteiger partial charge in [0.15, 0.2) is 5.58 Å². The van der Waals surface area contributed by atoms with Crippen molar-refractivity contribution < 1.29 is 9.21 Å². The molecule has 1 aliphatic heterocycles. The standard InChI is InChI=1S/C16H14N2O2/c19-16(13-10-15-12(17-13)7-9-20-15)18-8-3-5-11-4-1-2-6-14(11)18/h1-2,4,6-7,9-10,17H,3,5,8H2. The lowest BCUT2D eigenvalue weighted by Gasteiger charge is -2.29. The number of carbonyl (C=O) groups is 1. The van der Waals surface area contributed by atoms with Gasteiger partial charge in [0.2, 0.25) is 0 Å². The predicted molar refractivity (Wildman–Crippen MR) is 77.0 cm³/mol. The van der Waals surface area contributed by atoms with Crippen molar-refractivity contribution in [1.82, 2.24) is 4.98 Å². The van der Waals surface area contributed by atoms with Gasteiger partial charge in [0.1, 0.15) is 5.69 Å². The molecule has 100 valence electrons. The molecule has 1 aliphatic rings. The molecule has 2 aromatic heterocycles. The Kier molecular flexibility index (Phi) is 2.42. The number of nitrogens with one attached hydrogen (secondary N) is 1. The van der Waals surface area contributed by atoms with E-state index in [9.17, 15) is 4.79 Å². The first-order valence-corrected chi connectivity index (χ1v) is 6.79. The van der Waals surface area contributed by atoms with Crippen molar-refractivity contribution in [3.05, 3.63) is 53.9 Å². The highest BCUT2D eigenvalue weighted by atomic mass is 16.3. The highest BCUT2D eigenvalue weighted by molar-refractivity contribution is 6.07. The second kappa shape index (κ2) is 4.27. The first-order chi connectivity index (χ1) is 9.83. The Balaban J connectivity index is 1.74. The van der Waals surface area contributed by atoms with Crippen LogP contribution >= 0.6 is 0 Å². The van der Waals surface area contributed by atoms with Crippen LogP contribution in [0.25, 0.3) is 11.1 Å². The summed E-state index contributed by atoms with van der Waals surface area (Å²) in [6.45, 7) is 0.760. The molecule has 0 aliphatic carbocycles. The van der Waals surface area contributed by atoms with Gasteiger partial charge in [-0.3, -0.25) is 4.79 Å². The maximum Gasteiger partial charge on any atom is 0.274 e. The lowest BCUT2D eigenvalue weighted by molar-refractivity contribution is 0.0981. The average Bonchev–Trinajstić information content (AvgIpc) is 3.07. The number of hydrogen-bond donors (Lipinski definition) is 1. The van der Waals surface area contributed by atoms with Crippen LogP contribution in [0.4, 0.5) is 5.69 Å². The van der Waals surface area contributed by atoms with E-state index < -0.39 is 0 Å². The molecule has 3 heterocycles. The van der Waals surface area contributed by atoms with Gasteiger partial charge in [0.05, 0.1) is 11.8 Å². The van der Waals surface area contributed by atoms with Gasteiger partial charge in [-0.15, -0.1) is 0 Å². The summed E-state index contributed by atoms with van der Waals surface area (Å²) in [6, 6.07) is 11.7. The monoisotopic (exact) mass is 266 g/mol. The molecule has 0 saturated carbocycles. The van der Waals surface area contributed by atoms with Crippen LogP contribution in [0, 0.1) is 0 Å². The number of hydrogen-bond acceptors (Lipinski definition) is 2. The summed E-state index contributed by atoms with van der Waals surface area (Å²) >= 11 is 0. The molecule has 20 heavy (non-hydrogen) atoms. The maximum atomic E-state index is 12.7. The second-order valence-corrected chi connectivity index (χ2v) is 5.07. The number of anilines is 1. The highest BCUT2D eigenvalue weighted by Crippen LogP contribution is 2.28. The number of nitrogens with zero attached hydrogens (tertiary/aromatic N) is 1. The second-order valence-electron chi connectivity index (χ2n) is 5.07. The minimum Gasteiger partial charge on any atom is -0.463 e. The molecule has 0 fully saturated rings. The van der Waals surface area contributed by atoms with Crippen LogP contribution in [-0.4, -0.2) is 17.4 Å². The normalized spacial score (nSPS) is 14.5. The average molecular weight is 266 g/mol. The van der Waals surface area contributed by atoms with Crippen LogP contribution in [0.5, 0.6) is 0 Å². The number of benzene rings is 1. The summed E-state index contributed by atoms with van der Waals surface area (Å²) in [7, 11) is 0. The van der Waals surface area contributed by atoms with Crippen LogP contribution in [0.15, 0.2) is 47.1 Å². The Morgan fingerprint density at radius 2 is 2.15 bits per heavy atom. The first-order valence-electron chi connectivity index (χ1n) is 6.79. The Hall–Kier alpha value is -2.49. The van der Waals surface area contributed by atoms with Crippen LogP contribution in [-0.2, 0) is 6.42 Å². The van der Waals surface area contributed by atoms with E-state index in [2.05, 4.69) is 11.1 Å². The van der Waals surface area contributed by atoms with Crippen molar-refractivity contribution in [2.24, 2.45) is 0 Å². The van der Waals surface area contributed by atoms with Crippen molar-refractivity contribution in [1.29, 1.82) is 0 Å². The van der Waals surface area contributed by atoms with Crippen LogP contribution in [0.2, 0.25) is 0 Å². The lowest BCUT2D eigenvalue weighted by atomic mass is 10.0. The SMILES string of the molecule is O=C(c1cc2occc2[nH]1)N1CCCc2ccccc21. The third-order valence-electron chi connectivity index (χ3n) is 3.83. The molecular formula is C16H14N2O2. The zero-order valence-corrected chi connectivity index (χ0v) is 10.9. The quantitative estimate of drug-likeness (QED) is 0.734. The molecule has 4 rings (SSSR count). The summed E-state index contributed by atoms with van der Waals surface area (Å²) in [5.74, 6) is 0.00329. The third-order valence-corrected chi connectivity index (χ3v) is 3.83. The number of furan rings is 1. The van der Waals surface area contributed by atoms with E-state index in [1.807, 2.05) is 29.2 Å². The van der Waals surface area contributed by atoms with Gasteiger partial charge in [-0.25, -0.2) is 0 Å². The van der Waals surface area contributed by atoms with E-state index in [1.54, 1.807) is 12.3 Å². The molecule has 0 unspecified atom stereocenters. The molecule has 0 saturated heterocycles. The lowest BCUT2D eigenvalue weighted by Crippen LogP contribution is -2.35. The van der Waals surface area contributed by atoms with Crippen molar-refractivity contribution in [2.75, 3.05) is 11.4 Å². The van der Waals surface area contributed by atoms with Gasteiger partial charge < -0.3 is 14.3 Å². The number of fused-ring (bicyclic) bond motifs is 2. The minimum atomic E-state index is 0.00329. The molecule has 0 spiro atoms. The molecule has 1 aromatic carbocycles. The van der Waals surface area contributed by atoms with Crippen LogP contribution < -0.4 is 4.90 Å². The molecule has 1 N–H and O–H groups in total. The van der Waals surface area contributed by atoms with Crippen molar-refractivity contribution in [2.45, 2.75) is 12.8 Å². The Morgan fingerprint density at radius 1 is 1.25 bits per heavy atom. The van der Waals surface area contributed by atoms with E-state index in [4.69, 9.17) is 4.42 Å². The number of aromatic nitrogens is 1. The fourth-order valence-corrected chi connectivity index (χ4v) is 2.85. The Morgan fingerprint density at radius 3 is 3.05 bits per heavy atom. The molecule has 0 atom stereocenters. The minimum absolute atomic E-state index is 0.00329. The third kappa shape index (κ3) is 1.65. The van der Waals surface area contributed by atoms with Gasteiger partial charge in [0, 0.05) is 24.4 Å². The Bertz CT molecular complexity index is 756. The number of H-pyrrole nitrogens is 1. The van der Waals surface area contributed by atoms with E-state index in [0.29, 0.717) is 5.69 Å². The van der Waals surface area contributed by atoms with Crippen molar-refractivity contribution in [3.8, 4) is 0 Å². The summed E-state index contributed by atoms with van der Waals surface area (Å²) in [5, 5.41) is 0. The van der Waals surface area contributed by atoms with Crippen LogP contribution in [0.1, 0.15) is 22.5 Å². The summed E-state index contributed by atoms with van der Waals surface area (Å²) in [4.78, 5) is 17.7. The fourth-order valence-electron chi connectivity index (χ4n) is 2.85. The van der Waals surface area contributed by atoms with Gasteiger partial charge >= 0.3 is 0 Å². The summed E-state index contributed by atoms with van der Waals surface area (Å²) in [5.41, 5.74) is 4.42. The Labute approximate surface area is 116 Å². The van der Waals surface area contributed by atoms with Gasteiger partial charge in [-0.2, -0.15) is 0 Å². The summed E-state index contributed by atoms with van der Waals surface area (Å²) < 4.78 is 5.30. The number of amides is 1. The van der Waals surface area contributed by atoms with Gasteiger partial charge in [-0.05, 0) is 24.5 Å². The van der Waals surface area contributed by atoms with Crippen LogP contribution in [0.3, 0.4) is 0 Å². The molecule has 4 heteroatoms. The molecule has 0 radical (unpaired) electrons. The van der Waals surface area contributed by atoms with E-state index >= 15 is 0 Å². The highest BCUT2D eigenvalue weighted by Gasteiger charge is 2.24. The molecule has 0 bridgehead atoms. The van der Waals surface area contributed by atoms with Gasteiger partial charge in [-0.1, -0.05) is 18.2 Å². The number of aromatic amines is 1. The largest absolute Gasteiger partial charge is 0.463 e. The predicted octanol–water partition coefficient (Wildman–Crippen LogP) is 3.35. The smallest absolute Gasteiger partial charge is 0.274 e. The summed E-state index contributed by atoms with van der Waals surface area (Å²) in [6.07, 6.45) is 3.65. The topological polar surface area (TPSA) is 49.2 Å². The molecule has 3 aromatic rings. The van der Waals surface area contributed by atoms with E-state index in [0.717, 1.165) is 36.2 Å². The van der Waals surface area contributed by atoms with E-state index in [-0.39, 0.29) is 5.91 Å². The van der Waals surface area contributed by atoms with E-state index in [1.165, 1.54) is 5.56 Å². The number of para-hydroxylation sites is 1. The molecule has 1 amide bonds. The van der Waals surface area contributed by atoms with Gasteiger partial charge in [0.25, 0.3) is 5.91 Å². The fraction of sp³-hybridized carbons (Fsp3) is 0.188. The number of rotatable bonds is 1. The first kappa shape index (κ1) is 11.3. The molecular weight excluding hydrogens is 252 g/mol. The zero-order valence-electron chi connectivity index (χ0n) is 10.9. The number of aryl methyl sites for hydroxylation is 1. The maximum absolute atomic E-state index is 12.7. The van der Waals surface area contributed by atoms with Crippen molar-refractivity contribution >= 4 is 22.7 Å². The molecule has 4 nitrogen and oxygen atoms in total. The van der Waals surface area contributed by atoms with Crippen molar-refractivity contribution in [3.63, 3.8) is 0 Å².